The van der Waals surface area contributed by atoms with Crippen LogP contribution in [0.4, 0.5) is 13.2 Å². The molecule has 1 aliphatic rings. The van der Waals surface area contributed by atoms with Gasteiger partial charge in [0.25, 0.3) is 0 Å². The van der Waals surface area contributed by atoms with E-state index in [0.29, 0.717) is 12.1 Å². The lowest BCUT2D eigenvalue weighted by Crippen LogP contribution is -2.42. The van der Waals surface area contributed by atoms with E-state index in [1.54, 1.807) is 4.90 Å². The maximum absolute atomic E-state index is 12.5. The minimum atomic E-state index is -4.34. The number of rotatable bonds is 4. The lowest BCUT2D eigenvalue weighted by Gasteiger charge is -2.27. The van der Waals surface area contributed by atoms with Crippen LogP contribution in [-0.2, 0) is 17.4 Å². The molecule has 0 saturated carbocycles. The fraction of sp³-hybridized carbons (Fsp3) is 0.533. The number of benzene rings is 1. The van der Waals surface area contributed by atoms with E-state index in [1.165, 1.54) is 12.1 Å². The van der Waals surface area contributed by atoms with Gasteiger partial charge in [-0.05, 0) is 37.6 Å². The highest BCUT2D eigenvalue weighted by Crippen LogP contribution is 2.29. The van der Waals surface area contributed by atoms with Crippen molar-refractivity contribution < 1.29 is 18.0 Å². The summed E-state index contributed by atoms with van der Waals surface area (Å²) in [4.78, 5) is 14.1. The van der Waals surface area contributed by atoms with E-state index >= 15 is 0 Å². The van der Waals surface area contributed by atoms with Crippen LogP contribution in [0.5, 0.6) is 0 Å². The second-order valence-electron chi connectivity index (χ2n) is 5.20. The van der Waals surface area contributed by atoms with E-state index in [-0.39, 0.29) is 18.4 Å². The highest BCUT2D eigenvalue weighted by atomic mass is 19.4. The van der Waals surface area contributed by atoms with Crippen LogP contribution in [0.3, 0.4) is 0 Å². The van der Waals surface area contributed by atoms with Gasteiger partial charge in [0.05, 0.1) is 12.0 Å². The zero-order valence-corrected chi connectivity index (χ0v) is 11.9. The number of carbonyl (C=O) groups is 1. The lowest BCUT2D eigenvalue weighted by molar-refractivity contribution is -0.137. The molecule has 1 amide bonds. The first-order valence-corrected chi connectivity index (χ1v) is 7.08. The smallest absolute Gasteiger partial charge is 0.338 e. The average Bonchev–Trinajstić information content (AvgIpc) is 2.93. The number of halogens is 3. The van der Waals surface area contributed by atoms with Gasteiger partial charge in [-0.2, -0.15) is 13.2 Å². The van der Waals surface area contributed by atoms with Crippen LogP contribution in [0.2, 0.25) is 0 Å². The zero-order chi connectivity index (χ0) is 15.5. The fourth-order valence-corrected chi connectivity index (χ4v) is 2.63. The number of likely N-dealkylation sites (N-methyl/N-ethyl adjacent to an activating group) is 1. The summed E-state index contributed by atoms with van der Waals surface area (Å²) in [6, 6.07) is 4.99. The summed E-state index contributed by atoms with van der Waals surface area (Å²) in [7, 11) is 0. The van der Waals surface area contributed by atoms with E-state index < -0.39 is 11.7 Å². The van der Waals surface area contributed by atoms with Gasteiger partial charge in [-0.3, -0.25) is 4.79 Å². The number of hydrogen-bond donors (Lipinski definition) is 1. The van der Waals surface area contributed by atoms with Gasteiger partial charge in [-0.1, -0.05) is 12.1 Å². The van der Waals surface area contributed by atoms with Gasteiger partial charge in [-0.15, -0.1) is 0 Å². The number of alkyl halides is 3. The van der Waals surface area contributed by atoms with Gasteiger partial charge in [-0.25, -0.2) is 0 Å². The summed E-state index contributed by atoms with van der Waals surface area (Å²) in [5.74, 6) is -0.0361. The van der Waals surface area contributed by atoms with Crippen LogP contribution in [0, 0.1) is 0 Å². The fourth-order valence-electron chi connectivity index (χ4n) is 2.63. The van der Waals surface area contributed by atoms with Gasteiger partial charge in [0.1, 0.15) is 0 Å². The van der Waals surface area contributed by atoms with Gasteiger partial charge in [0.2, 0.25) is 5.91 Å². The third kappa shape index (κ3) is 3.97. The van der Waals surface area contributed by atoms with Crippen molar-refractivity contribution in [3.63, 3.8) is 0 Å². The topological polar surface area (TPSA) is 32.3 Å². The van der Waals surface area contributed by atoms with Crippen molar-refractivity contribution in [3.8, 4) is 0 Å². The van der Waals surface area contributed by atoms with Crippen molar-refractivity contribution in [1.82, 2.24) is 10.2 Å². The molecular weight excluding hydrogens is 281 g/mol. The number of amides is 1. The SMILES string of the molecule is CCN(C(=O)Cc1ccc(C(F)(F)F)cc1)C1CCNC1. The van der Waals surface area contributed by atoms with Gasteiger partial charge >= 0.3 is 6.18 Å². The molecule has 1 heterocycles. The van der Waals surface area contributed by atoms with E-state index in [2.05, 4.69) is 5.32 Å². The molecule has 21 heavy (non-hydrogen) atoms. The molecule has 2 rings (SSSR count). The summed E-state index contributed by atoms with van der Waals surface area (Å²) >= 11 is 0. The normalized spacial score (nSPS) is 18.8. The predicted octanol–water partition coefficient (Wildman–Crippen LogP) is 2.46. The standard InChI is InChI=1S/C15H19F3N2O/c1-2-20(13-7-8-19-10-13)14(21)9-11-3-5-12(6-4-11)15(16,17)18/h3-6,13,19H,2,7-10H2,1H3. The molecule has 0 aliphatic carbocycles. The number of hydrogen-bond acceptors (Lipinski definition) is 2. The monoisotopic (exact) mass is 300 g/mol. The van der Waals surface area contributed by atoms with Crippen LogP contribution in [0.1, 0.15) is 24.5 Å². The summed E-state index contributed by atoms with van der Waals surface area (Å²) < 4.78 is 37.5. The molecule has 1 aromatic carbocycles. The molecule has 1 N–H and O–H groups in total. The minimum absolute atomic E-state index is 0.0361. The number of carbonyl (C=O) groups excluding carboxylic acids is 1. The van der Waals surface area contributed by atoms with Gasteiger partial charge in [0.15, 0.2) is 0 Å². The Kier molecular flexibility index (Phi) is 4.88. The zero-order valence-electron chi connectivity index (χ0n) is 11.9. The molecule has 0 bridgehead atoms. The molecule has 0 spiro atoms. The predicted molar refractivity (Wildman–Crippen MR) is 73.8 cm³/mol. The molecule has 116 valence electrons. The molecule has 0 radical (unpaired) electrons. The maximum Gasteiger partial charge on any atom is 0.416 e. The van der Waals surface area contributed by atoms with Crippen molar-refractivity contribution in [3.05, 3.63) is 35.4 Å². The van der Waals surface area contributed by atoms with Crippen molar-refractivity contribution in [2.24, 2.45) is 0 Å². The molecule has 1 unspecified atom stereocenters. The second-order valence-corrected chi connectivity index (χ2v) is 5.20. The summed E-state index contributed by atoms with van der Waals surface area (Å²) in [6.45, 7) is 4.22. The lowest BCUT2D eigenvalue weighted by atomic mass is 10.1. The third-order valence-corrected chi connectivity index (χ3v) is 3.77. The molecule has 0 aromatic heterocycles. The Bertz CT molecular complexity index is 479. The molecule has 3 nitrogen and oxygen atoms in total. The van der Waals surface area contributed by atoms with E-state index in [4.69, 9.17) is 0 Å². The van der Waals surface area contributed by atoms with Crippen molar-refractivity contribution in [1.29, 1.82) is 0 Å². The Morgan fingerprint density at radius 3 is 2.48 bits per heavy atom. The Morgan fingerprint density at radius 2 is 2.00 bits per heavy atom. The first-order chi connectivity index (χ1) is 9.91. The van der Waals surface area contributed by atoms with Crippen LogP contribution in [0.15, 0.2) is 24.3 Å². The summed E-state index contributed by atoms with van der Waals surface area (Å²) in [5.41, 5.74) is -0.0801. The van der Waals surface area contributed by atoms with Gasteiger partial charge < -0.3 is 10.2 Å². The van der Waals surface area contributed by atoms with Crippen molar-refractivity contribution in [2.45, 2.75) is 32.0 Å². The van der Waals surface area contributed by atoms with Gasteiger partial charge in [0, 0.05) is 19.1 Å². The molecular formula is C15H19F3N2O. The highest BCUT2D eigenvalue weighted by molar-refractivity contribution is 5.79. The molecule has 6 heteroatoms. The average molecular weight is 300 g/mol. The molecule has 1 aliphatic heterocycles. The Labute approximate surface area is 122 Å². The highest BCUT2D eigenvalue weighted by Gasteiger charge is 2.30. The number of nitrogens with zero attached hydrogens (tertiary/aromatic N) is 1. The second kappa shape index (κ2) is 6.47. The minimum Gasteiger partial charge on any atom is -0.338 e. The Balaban J connectivity index is 2.01. The van der Waals surface area contributed by atoms with Crippen molar-refractivity contribution >= 4 is 5.91 Å². The molecule has 1 aromatic rings. The molecule has 1 atom stereocenters. The quantitative estimate of drug-likeness (QED) is 0.926. The Hall–Kier alpha value is -1.56. The van der Waals surface area contributed by atoms with E-state index in [1.807, 2.05) is 6.92 Å². The summed E-state index contributed by atoms with van der Waals surface area (Å²) in [6.07, 6.45) is -3.28. The first kappa shape index (κ1) is 15.8. The number of nitrogens with one attached hydrogen (secondary N) is 1. The Morgan fingerprint density at radius 1 is 1.33 bits per heavy atom. The molecule has 1 saturated heterocycles. The van der Waals surface area contributed by atoms with Crippen molar-refractivity contribution in [2.75, 3.05) is 19.6 Å². The maximum atomic E-state index is 12.5. The summed E-state index contributed by atoms with van der Waals surface area (Å²) in [5, 5.41) is 3.21. The first-order valence-electron chi connectivity index (χ1n) is 7.08. The third-order valence-electron chi connectivity index (χ3n) is 3.77. The van der Waals surface area contributed by atoms with Crippen LogP contribution >= 0.6 is 0 Å². The largest absolute Gasteiger partial charge is 0.416 e. The van der Waals surface area contributed by atoms with Crippen LogP contribution < -0.4 is 5.32 Å². The van der Waals surface area contributed by atoms with Crippen LogP contribution in [-0.4, -0.2) is 36.5 Å². The van der Waals surface area contributed by atoms with Crippen LogP contribution in [0.25, 0.3) is 0 Å². The van der Waals surface area contributed by atoms with E-state index in [9.17, 15) is 18.0 Å². The molecule has 1 fully saturated rings. The van der Waals surface area contributed by atoms with E-state index in [0.717, 1.165) is 31.6 Å².